The molecule has 2 atom stereocenters. The van der Waals surface area contributed by atoms with Crippen LogP contribution in [0.25, 0.3) is 0 Å². The molecular formula is C15H21FO3. The van der Waals surface area contributed by atoms with Crippen LogP contribution in [-0.4, -0.2) is 24.4 Å². The molecule has 4 heteroatoms. The molecule has 1 aliphatic rings. The van der Waals surface area contributed by atoms with E-state index in [9.17, 15) is 9.50 Å². The highest BCUT2D eigenvalue weighted by Crippen LogP contribution is 2.22. The lowest BCUT2D eigenvalue weighted by Gasteiger charge is -2.11. The predicted molar refractivity (Wildman–Crippen MR) is 70.7 cm³/mol. The van der Waals surface area contributed by atoms with Gasteiger partial charge in [0, 0.05) is 18.2 Å². The first-order valence-corrected chi connectivity index (χ1v) is 6.88. The van der Waals surface area contributed by atoms with Crippen LogP contribution < -0.4 is 4.74 Å². The Labute approximate surface area is 113 Å². The Morgan fingerprint density at radius 2 is 2.37 bits per heavy atom. The maximum Gasteiger partial charge on any atom is 0.132 e. The molecular weight excluding hydrogens is 247 g/mol. The lowest BCUT2D eigenvalue weighted by Crippen LogP contribution is -2.07. The number of aliphatic hydroxyl groups excluding tert-OH is 1. The standard InChI is InChI=1S/C15H21FO3/c1-11(17)14-7-6-13(10-15(14)16)19-9-3-5-12-4-2-8-18-12/h6-7,10-12,17H,2-5,8-9H2,1H3. The van der Waals surface area contributed by atoms with Crippen molar-refractivity contribution in [3.63, 3.8) is 0 Å². The number of hydrogen-bond acceptors (Lipinski definition) is 3. The first kappa shape index (κ1) is 14.3. The molecule has 0 spiro atoms. The summed E-state index contributed by atoms with van der Waals surface area (Å²) in [6.07, 6.45) is 3.76. The summed E-state index contributed by atoms with van der Waals surface area (Å²) in [5.41, 5.74) is 0.298. The van der Waals surface area contributed by atoms with Crippen LogP contribution >= 0.6 is 0 Å². The quantitative estimate of drug-likeness (QED) is 0.805. The second kappa shape index (κ2) is 6.87. The maximum atomic E-state index is 13.6. The molecule has 0 amide bonds. The van der Waals surface area contributed by atoms with Gasteiger partial charge in [0.2, 0.25) is 0 Å². The lowest BCUT2D eigenvalue weighted by atomic mass is 10.1. The van der Waals surface area contributed by atoms with Crippen LogP contribution in [0.3, 0.4) is 0 Å². The van der Waals surface area contributed by atoms with Crippen molar-refractivity contribution < 1.29 is 19.0 Å². The van der Waals surface area contributed by atoms with Gasteiger partial charge >= 0.3 is 0 Å². The van der Waals surface area contributed by atoms with E-state index in [0.29, 0.717) is 24.0 Å². The Morgan fingerprint density at radius 3 is 3.00 bits per heavy atom. The Kier molecular flexibility index (Phi) is 5.16. The van der Waals surface area contributed by atoms with Crippen molar-refractivity contribution in [3.8, 4) is 5.75 Å². The molecule has 1 saturated heterocycles. The minimum Gasteiger partial charge on any atom is -0.493 e. The largest absolute Gasteiger partial charge is 0.493 e. The average molecular weight is 268 g/mol. The smallest absolute Gasteiger partial charge is 0.132 e. The van der Waals surface area contributed by atoms with Crippen molar-refractivity contribution in [1.82, 2.24) is 0 Å². The monoisotopic (exact) mass is 268 g/mol. The number of benzene rings is 1. The van der Waals surface area contributed by atoms with Crippen LogP contribution in [0.4, 0.5) is 4.39 Å². The van der Waals surface area contributed by atoms with Crippen molar-refractivity contribution in [2.75, 3.05) is 13.2 Å². The second-order valence-electron chi connectivity index (χ2n) is 4.99. The number of halogens is 1. The molecule has 0 saturated carbocycles. The summed E-state index contributed by atoms with van der Waals surface area (Å²) >= 11 is 0. The summed E-state index contributed by atoms with van der Waals surface area (Å²) in [4.78, 5) is 0. The van der Waals surface area contributed by atoms with Crippen molar-refractivity contribution in [2.45, 2.75) is 44.8 Å². The summed E-state index contributed by atoms with van der Waals surface area (Å²) < 4.78 is 24.6. The van der Waals surface area contributed by atoms with Gasteiger partial charge in [-0.3, -0.25) is 0 Å². The second-order valence-corrected chi connectivity index (χ2v) is 4.99. The lowest BCUT2D eigenvalue weighted by molar-refractivity contribution is 0.0981. The fraction of sp³-hybridized carbons (Fsp3) is 0.600. The molecule has 3 nitrogen and oxygen atoms in total. The van der Waals surface area contributed by atoms with Crippen LogP contribution in [0.5, 0.6) is 5.75 Å². The van der Waals surface area contributed by atoms with Crippen LogP contribution in [0, 0.1) is 5.82 Å². The first-order chi connectivity index (χ1) is 9.16. The van der Waals surface area contributed by atoms with Gasteiger partial charge in [0.25, 0.3) is 0 Å². The third-order valence-electron chi connectivity index (χ3n) is 3.39. The summed E-state index contributed by atoms with van der Waals surface area (Å²) in [6, 6.07) is 4.58. The number of aliphatic hydroxyl groups is 1. The van der Waals surface area contributed by atoms with Gasteiger partial charge in [-0.05, 0) is 44.7 Å². The van der Waals surface area contributed by atoms with E-state index in [0.717, 1.165) is 32.3 Å². The van der Waals surface area contributed by atoms with Gasteiger partial charge < -0.3 is 14.6 Å². The predicted octanol–water partition coefficient (Wildman–Crippen LogP) is 3.22. The highest BCUT2D eigenvalue weighted by Gasteiger charge is 2.14. The normalized spacial score (nSPS) is 20.5. The van der Waals surface area contributed by atoms with E-state index in [1.807, 2.05) is 0 Å². The fourth-order valence-corrected chi connectivity index (χ4v) is 2.31. The molecule has 1 aromatic rings. The molecule has 0 aliphatic carbocycles. The summed E-state index contributed by atoms with van der Waals surface area (Å²) in [7, 11) is 0. The van der Waals surface area contributed by atoms with Gasteiger partial charge in [-0.2, -0.15) is 0 Å². The van der Waals surface area contributed by atoms with Crippen LogP contribution in [0.15, 0.2) is 18.2 Å². The fourth-order valence-electron chi connectivity index (χ4n) is 2.31. The van der Waals surface area contributed by atoms with Crippen LogP contribution in [0.1, 0.15) is 44.3 Å². The number of rotatable bonds is 6. The highest BCUT2D eigenvalue weighted by atomic mass is 19.1. The van der Waals surface area contributed by atoms with Crippen LogP contribution in [-0.2, 0) is 4.74 Å². The van der Waals surface area contributed by atoms with Gasteiger partial charge in [0.1, 0.15) is 11.6 Å². The van der Waals surface area contributed by atoms with Crippen molar-refractivity contribution in [3.05, 3.63) is 29.6 Å². The summed E-state index contributed by atoms with van der Waals surface area (Å²) in [5, 5.41) is 9.34. The zero-order valence-corrected chi connectivity index (χ0v) is 11.3. The minimum atomic E-state index is -0.798. The summed E-state index contributed by atoms with van der Waals surface area (Å²) in [5.74, 6) is 0.0841. The molecule has 0 bridgehead atoms. The third-order valence-corrected chi connectivity index (χ3v) is 3.39. The molecule has 1 heterocycles. The van der Waals surface area contributed by atoms with E-state index >= 15 is 0 Å². The molecule has 19 heavy (non-hydrogen) atoms. The Balaban J connectivity index is 1.74. The maximum absolute atomic E-state index is 13.6. The average Bonchev–Trinajstić information content (AvgIpc) is 2.87. The van der Waals surface area contributed by atoms with Crippen molar-refractivity contribution in [2.24, 2.45) is 0 Å². The number of hydrogen-bond donors (Lipinski definition) is 1. The molecule has 2 rings (SSSR count). The van der Waals surface area contributed by atoms with E-state index < -0.39 is 11.9 Å². The molecule has 1 aliphatic heterocycles. The molecule has 1 N–H and O–H groups in total. The molecule has 0 radical (unpaired) electrons. The van der Waals surface area contributed by atoms with Gasteiger partial charge in [-0.25, -0.2) is 4.39 Å². The van der Waals surface area contributed by atoms with E-state index in [2.05, 4.69) is 0 Å². The number of ether oxygens (including phenoxy) is 2. The third kappa shape index (κ3) is 4.18. The zero-order chi connectivity index (χ0) is 13.7. The molecule has 2 unspecified atom stereocenters. The highest BCUT2D eigenvalue weighted by molar-refractivity contribution is 5.29. The van der Waals surface area contributed by atoms with E-state index in [-0.39, 0.29) is 0 Å². The van der Waals surface area contributed by atoms with Crippen molar-refractivity contribution in [1.29, 1.82) is 0 Å². The molecule has 106 valence electrons. The minimum absolute atomic E-state index is 0.298. The Bertz CT molecular complexity index is 400. The first-order valence-electron chi connectivity index (χ1n) is 6.88. The van der Waals surface area contributed by atoms with E-state index in [1.165, 1.54) is 6.07 Å². The summed E-state index contributed by atoms with van der Waals surface area (Å²) in [6.45, 7) is 2.98. The van der Waals surface area contributed by atoms with Gasteiger partial charge in [0.05, 0.1) is 18.8 Å². The molecule has 1 fully saturated rings. The van der Waals surface area contributed by atoms with E-state index in [4.69, 9.17) is 9.47 Å². The molecule has 1 aromatic carbocycles. The Morgan fingerprint density at radius 1 is 1.53 bits per heavy atom. The van der Waals surface area contributed by atoms with Crippen molar-refractivity contribution >= 4 is 0 Å². The van der Waals surface area contributed by atoms with Gasteiger partial charge in [-0.1, -0.05) is 0 Å². The van der Waals surface area contributed by atoms with E-state index in [1.54, 1.807) is 19.1 Å². The SMILES string of the molecule is CC(O)c1ccc(OCCCC2CCCO2)cc1F. The zero-order valence-electron chi connectivity index (χ0n) is 11.3. The van der Waals surface area contributed by atoms with Gasteiger partial charge in [-0.15, -0.1) is 0 Å². The van der Waals surface area contributed by atoms with Crippen LogP contribution in [0.2, 0.25) is 0 Å². The Hall–Kier alpha value is -1.13. The van der Waals surface area contributed by atoms with Gasteiger partial charge in [0.15, 0.2) is 0 Å². The molecule has 0 aromatic heterocycles. The topological polar surface area (TPSA) is 38.7 Å².